The van der Waals surface area contributed by atoms with Gasteiger partial charge in [-0.15, -0.1) is 0 Å². The summed E-state index contributed by atoms with van der Waals surface area (Å²) >= 11 is 5.91. The first kappa shape index (κ1) is 23.7. The molecule has 0 bridgehead atoms. The Kier molecular flexibility index (Phi) is 6.56. The van der Waals surface area contributed by atoms with Crippen LogP contribution in [0.25, 0.3) is 22.1 Å². The van der Waals surface area contributed by atoms with Crippen molar-refractivity contribution in [3.8, 4) is 16.9 Å². The third kappa shape index (κ3) is 5.04. The number of esters is 1. The van der Waals surface area contributed by atoms with Crippen molar-refractivity contribution in [3.05, 3.63) is 93.8 Å². The average molecular weight is 498 g/mol. The van der Waals surface area contributed by atoms with Crippen molar-refractivity contribution in [2.75, 3.05) is 0 Å². The Morgan fingerprint density at radius 2 is 1.71 bits per heavy atom. The molecule has 1 atom stereocenters. The monoisotopic (exact) mass is 497 g/mol. The highest BCUT2D eigenvalue weighted by molar-refractivity contribution is 7.89. The normalized spacial score (nSPS) is 12.4. The van der Waals surface area contributed by atoms with Crippen LogP contribution in [-0.2, 0) is 14.8 Å². The molecule has 0 aliphatic rings. The predicted molar refractivity (Wildman–Crippen MR) is 130 cm³/mol. The number of halogens is 1. The number of carbonyl (C=O) groups excluding carboxylic acids is 1. The van der Waals surface area contributed by atoms with Crippen molar-refractivity contribution in [1.29, 1.82) is 0 Å². The second-order valence-corrected chi connectivity index (χ2v) is 9.87. The third-order valence-corrected chi connectivity index (χ3v) is 6.95. The second-order valence-electron chi connectivity index (χ2n) is 7.72. The number of hydrogen-bond donors (Lipinski definition) is 1. The summed E-state index contributed by atoms with van der Waals surface area (Å²) in [5.41, 5.74) is 1.91. The summed E-state index contributed by atoms with van der Waals surface area (Å²) in [7, 11) is -3.91. The highest BCUT2D eigenvalue weighted by atomic mass is 35.5. The van der Waals surface area contributed by atoms with Gasteiger partial charge >= 0.3 is 5.97 Å². The molecule has 0 aliphatic carbocycles. The summed E-state index contributed by atoms with van der Waals surface area (Å²) in [4.78, 5) is 25.4. The molecule has 1 heterocycles. The molecule has 0 saturated carbocycles. The van der Waals surface area contributed by atoms with E-state index in [9.17, 15) is 18.0 Å². The molecule has 3 aromatic carbocycles. The van der Waals surface area contributed by atoms with Crippen molar-refractivity contribution >= 4 is 38.6 Å². The van der Waals surface area contributed by atoms with Gasteiger partial charge in [-0.1, -0.05) is 41.4 Å². The maximum Gasteiger partial charge on any atom is 0.329 e. The average Bonchev–Trinajstić information content (AvgIpc) is 2.80. The Hall–Kier alpha value is -3.46. The third-order valence-electron chi connectivity index (χ3n) is 5.14. The Labute approximate surface area is 201 Å². The first-order valence-electron chi connectivity index (χ1n) is 10.3. The van der Waals surface area contributed by atoms with E-state index < -0.39 is 22.0 Å². The number of ether oxygens (including phenoxy) is 1. The van der Waals surface area contributed by atoms with Crippen LogP contribution >= 0.6 is 11.6 Å². The summed E-state index contributed by atoms with van der Waals surface area (Å²) in [6.07, 6.45) is 1.33. The zero-order valence-corrected chi connectivity index (χ0v) is 19.8. The van der Waals surface area contributed by atoms with Gasteiger partial charge in [0.2, 0.25) is 10.0 Å². The van der Waals surface area contributed by atoms with Crippen molar-refractivity contribution in [2.24, 2.45) is 0 Å². The fourth-order valence-electron chi connectivity index (χ4n) is 3.27. The van der Waals surface area contributed by atoms with Crippen LogP contribution in [0.1, 0.15) is 12.5 Å². The molecule has 34 heavy (non-hydrogen) atoms. The first-order chi connectivity index (χ1) is 16.1. The van der Waals surface area contributed by atoms with E-state index in [1.54, 1.807) is 36.4 Å². The summed E-state index contributed by atoms with van der Waals surface area (Å²) < 4.78 is 38.2. The summed E-state index contributed by atoms with van der Waals surface area (Å²) in [6, 6.07) is 16.2. The Morgan fingerprint density at radius 1 is 1.03 bits per heavy atom. The molecule has 0 unspecified atom stereocenters. The van der Waals surface area contributed by atoms with Crippen LogP contribution in [0.3, 0.4) is 0 Å². The molecule has 9 heteroatoms. The van der Waals surface area contributed by atoms with Gasteiger partial charge in [0.15, 0.2) is 5.43 Å². The van der Waals surface area contributed by atoms with E-state index in [1.165, 1.54) is 43.5 Å². The summed E-state index contributed by atoms with van der Waals surface area (Å²) in [6.45, 7) is 3.22. The molecular formula is C25H20ClNO6S. The fourth-order valence-corrected chi connectivity index (χ4v) is 4.59. The van der Waals surface area contributed by atoms with Crippen LogP contribution in [0.2, 0.25) is 5.02 Å². The predicted octanol–water partition coefficient (Wildman–Crippen LogP) is 4.69. The van der Waals surface area contributed by atoms with Crippen molar-refractivity contribution in [1.82, 2.24) is 4.72 Å². The molecule has 0 radical (unpaired) electrons. The lowest BCUT2D eigenvalue weighted by Crippen LogP contribution is -2.40. The van der Waals surface area contributed by atoms with Gasteiger partial charge in [-0.05, 0) is 55.8 Å². The molecule has 4 rings (SSSR count). The lowest BCUT2D eigenvalue weighted by Gasteiger charge is -2.14. The van der Waals surface area contributed by atoms with Gasteiger partial charge in [0, 0.05) is 11.1 Å². The number of carbonyl (C=O) groups is 1. The smallest absolute Gasteiger partial charge is 0.329 e. The first-order valence-corrected chi connectivity index (χ1v) is 12.1. The van der Waals surface area contributed by atoms with E-state index in [4.69, 9.17) is 20.8 Å². The number of hydrogen-bond acceptors (Lipinski definition) is 6. The van der Waals surface area contributed by atoms with E-state index in [-0.39, 0.29) is 21.7 Å². The van der Waals surface area contributed by atoms with Crippen LogP contribution in [0.4, 0.5) is 0 Å². The molecule has 0 saturated heterocycles. The van der Waals surface area contributed by atoms with Gasteiger partial charge in [0.1, 0.15) is 23.6 Å². The van der Waals surface area contributed by atoms with E-state index in [2.05, 4.69) is 4.72 Å². The minimum absolute atomic E-state index is 0.0433. The maximum atomic E-state index is 12.9. The molecule has 1 N–H and O–H groups in total. The highest BCUT2D eigenvalue weighted by Gasteiger charge is 2.24. The quantitative estimate of drug-likeness (QED) is 0.306. The SMILES string of the molecule is Cc1ccc(S(=O)(=O)N[C@H](C)C(=O)Oc2ccc3c(=O)c(-c4ccc(Cl)cc4)coc3c2)cc1. The fraction of sp³-hybridized carbons (Fsp3) is 0.120. The molecular weight excluding hydrogens is 478 g/mol. The van der Waals surface area contributed by atoms with Crippen molar-refractivity contribution in [2.45, 2.75) is 24.8 Å². The Morgan fingerprint density at radius 3 is 2.38 bits per heavy atom. The molecule has 0 aliphatic heterocycles. The van der Waals surface area contributed by atoms with Gasteiger partial charge in [0.05, 0.1) is 15.8 Å². The molecule has 0 fully saturated rings. The number of nitrogens with one attached hydrogen (secondary N) is 1. The zero-order chi connectivity index (χ0) is 24.5. The van der Waals surface area contributed by atoms with Crippen LogP contribution in [0, 0.1) is 6.92 Å². The summed E-state index contributed by atoms with van der Waals surface area (Å²) in [5, 5.41) is 0.858. The van der Waals surface area contributed by atoms with Crippen LogP contribution < -0.4 is 14.9 Å². The standard InChI is InChI=1S/C25H20ClNO6S/c1-15-3-10-20(11-4-15)34(30,31)27-16(2)25(29)33-19-9-12-21-23(13-19)32-14-22(24(21)28)17-5-7-18(26)8-6-17/h3-14,16,27H,1-2H3/t16-/m1/s1. The van der Waals surface area contributed by atoms with Gasteiger partial charge in [-0.3, -0.25) is 4.79 Å². The zero-order valence-electron chi connectivity index (χ0n) is 18.2. The van der Waals surface area contributed by atoms with Gasteiger partial charge in [-0.2, -0.15) is 4.72 Å². The summed E-state index contributed by atoms with van der Waals surface area (Å²) in [5.74, 6) is -0.698. The van der Waals surface area contributed by atoms with Gasteiger partial charge < -0.3 is 9.15 Å². The molecule has 0 spiro atoms. The number of aryl methyl sites for hydroxylation is 1. The van der Waals surface area contributed by atoms with E-state index in [0.29, 0.717) is 21.5 Å². The molecule has 174 valence electrons. The number of rotatable bonds is 6. The van der Waals surface area contributed by atoms with Crippen LogP contribution in [0.5, 0.6) is 5.75 Å². The van der Waals surface area contributed by atoms with Crippen LogP contribution in [0.15, 0.2) is 87.1 Å². The van der Waals surface area contributed by atoms with Crippen molar-refractivity contribution in [3.63, 3.8) is 0 Å². The number of benzene rings is 3. The largest absolute Gasteiger partial charge is 0.463 e. The minimum Gasteiger partial charge on any atom is -0.463 e. The van der Waals surface area contributed by atoms with E-state index in [1.807, 2.05) is 6.92 Å². The molecule has 1 aromatic heterocycles. The van der Waals surface area contributed by atoms with Gasteiger partial charge in [-0.25, -0.2) is 13.2 Å². The van der Waals surface area contributed by atoms with Crippen LogP contribution in [-0.4, -0.2) is 20.4 Å². The van der Waals surface area contributed by atoms with Crippen molar-refractivity contribution < 1.29 is 22.4 Å². The maximum absolute atomic E-state index is 12.9. The Balaban J connectivity index is 1.52. The minimum atomic E-state index is -3.91. The van der Waals surface area contributed by atoms with E-state index in [0.717, 1.165) is 5.56 Å². The number of fused-ring (bicyclic) bond motifs is 1. The Bertz CT molecular complexity index is 1530. The van der Waals surface area contributed by atoms with E-state index >= 15 is 0 Å². The number of sulfonamides is 1. The topological polar surface area (TPSA) is 103 Å². The highest BCUT2D eigenvalue weighted by Crippen LogP contribution is 2.24. The molecule has 0 amide bonds. The molecule has 7 nitrogen and oxygen atoms in total. The molecule has 4 aromatic rings. The van der Waals surface area contributed by atoms with Gasteiger partial charge in [0.25, 0.3) is 0 Å². The lowest BCUT2D eigenvalue weighted by atomic mass is 10.1. The second kappa shape index (κ2) is 9.42. The lowest BCUT2D eigenvalue weighted by molar-refractivity contribution is -0.135.